The quantitative estimate of drug-likeness (QED) is 0.897. The molecule has 15 heavy (non-hydrogen) atoms. The minimum Gasteiger partial charge on any atom is -0.495 e. The smallest absolute Gasteiger partial charge is 0.339 e. The summed E-state index contributed by atoms with van der Waals surface area (Å²) >= 11 is 3.29. The molecule has 0 atom stereocenters. The summed E-state index contributed by atoms with van der Waals surface area (Å²) in [6.45, 7) is 0.790. The molecule has 0 unspecified atom stereocenters. The lowest BCUT2D eigenvalue weighted by Crippen LogP contribution is -2.06. The van der Waals surface area contributed by atoms with Crippen molar-refractivity contribution in [1.29, 1.82) is 0 Å². The van der Waals surface area contributed by atoms with Crippen LogP contribution in [-0.2, 0) is 18.0 Å². The van der Waals surface area contributed by atoms with Gasteiger partial charge in [-0.2, -0.15) is 0 Å². The van der Waals surface area contributed by atoms with Crippen molar-refractivity contribution in [2.45, 2.75) is 13.2 Å². The highest BCUT2D eigenvalue weighted by Crippen LogP contribution is 2.37. The SMILES string of the molecule is COc1c(Br)cc2c(c1C(=O)O)COC2. The van der Waals surface area contributed by atoms with Gasteiger partial charge in [0, 0.05) is 5.56 Å². The Kier molecular flexibility index (Phi) is 2.67. The van der Waals surface area contributed by atoms with Crippen LogP contribution in [0.2, 0.25) is 0 Å². The number of carboxylic acid groups (broad SMARTS) is 1. The fourth-order valence-electron chi connectivity index (χ4n) is 1.71. The molecule has 0 amide bonds. The molecule has 1 aliphatic heterocycles. The fraction of sp³-hybridized carbons (Fsp3) is 0.300. The Balaban J connectivity index is 2.71. The molecule has 0 saturated heterocycles. The topological polar surface area (TPSA) is 55.8 Å². The van der Waals surface area contributed by atoms with Crippen LogP contribution < -0.4 is 4.74 Å². The van der Waals surface area contributed by atoms with E-state index in [1.54, 1.807) is 0 Å². The lowest BCUT2D eigenvalue weighted by Gasteiger charge is -2.11. The Morgan fingerprint density at radius 2 is 2.33 bits per heavy atom. The minimum atomic E-state index is -0.991. The van der Waals surface area contributed by atoms with E-state index in [1.165, 1.54) is 7.11 Å². The van der Waals surface area contributed by atoms with Crippen LogP contribution in [0.15, 0.2) is 10.5 Å². The molecule has 1 aromatic rings. The van der Waals surface area contributed by atoms with Crippen molar-refractivity contribution >= 4 is 21.9 Å². The average molecular weight is 273 g/mol. The lowest BCUT2D eigenvalue weighted by atomic mass is 10.0. The van der Waals surface area contributed by atoms with Gasteiger partial charge >= 0.3 is 5.97 Å². The maximum atomic E-state index is 11.1. The van der Waals surface area contributed by atoms with Crippen LogP contribution in [0.3, 0.4) is 0 Å². The van der Waals surface area contributed by atoms with Crippen molar-refractivity contribution < 1.29 is 19.4 Å². The van der Waals surface area contributed by atoms with E-state index in [-0.39, 0.29) is 5.56 Å². The van der Waals surface area contributed by atoms with E-state index in [0.29, 0.717) is 29.0 Å². The minimum absolute atomic E-state index is 0.194. The summed E-state index contributed by atoms with van der Waals surface area (Å²) in [5, 5.41) is 9.13. The number of carbonyl (C=O) groups is 1. The monoisotopic (exact) mass is 272 g/mol. The summed E-state index contributed by atoms with van der Waals surface area (Å²) in [4.78, 5) is 11.1. The molecule has 1 aromatic carbocycles. The predicted octanol–water partition coefficient (Wildman–Crippen LogP) is 2.19. The summed E-state index contributed by atoms with van der Waals surface area (Å²) in [6.07, 6.45) is 0. The van der Waals surface area contributed by atoms with Crippen LogP contribution in [0.1, 0.15) is 21.5 Å². The number of carboxylic acids is 1. The third kappa shape index (κ3) is 1.61. The number of fused-ring (bicyclic) bond motifs is 1. The molecule has 1 N–H and O–H groups in total. The van der Waals surface area contributed by atoms with E-state index < -0.39 is 5.97 Å². The number of methoxy groups -OCH3 is 1. The first-order valence-corrected chi connectivity index (χ1v) is 5.13. The summed E-state index contributed by atoms with van der Waals surface area (Å²) in [6, 6.07) is 1.84. The second kappa shape index (κ2) is 3.83. The Morgan fingerprint density at radius 1 is 1.60 bits per heavy atom. The maximum Gasteiger partial charge on any atom is 0.339 e. The number of aromatic carboxylic acids is 1. The van der Waals surface area contributed by atoms with Crippen LogP contribution in [0.4, 0.5) is 0 Å². The highest BCUT2D eigenvalue weighted by Gasteiger charge is 2.25. The Morgan fingerprint density at radius 3 is 2.93 bits per heavy atom. The second-order valence-electron chi connectivity index (χ2n) is 3.20. The number of rotatable bonds is 2. The van der Waals surface area contributed by atoms with Crippen molar-refractivity contribution in [3.8, 4) is 5.75 Å². The van der Waals surface area contributed by atoms with E-state index in [9.17, 15) is 4.79 Å². The molecular formula is C10H9BrO4. The molecule has 0 aliphatic carbocycles. The van der Waals surface area contributed by atoms with Gasteiger partial charge in [-0.05, 0) is 27.6 Å². The summed E-state index contributed by atoms with van der Waals surface area (Å²) < 4.78 is 10.9. The first-order valence-electron chi connectivity index (χ1n) is 4.34. The first-order chi connectivity index (χ1) is 7.15. The van der Waals surface area contributed by atoms with Gasteiger partial charge in [-0.15, -0.1) is 0 Å². The van der Waals surface area contributed by atoms with E-state index in [1.807, 2.05) is 6.07 Å². The van der Waals surface area contributed by atoms with Gasteiger partial charge in [0.25, 0.3) is 0 Å². The molecule has 0 radical (unpaired) electrons. The molecule has 2 rings (SSSR count). The van der Waals surface area contributed by atoms with Crippen LogP contribution in [-0.4, -0.2) is 18.2 Å². The highest BCUT2D eigenvalue weighted by molar-refractivity contribution is 9.10. The van der Waals surface area contributed by atoms with Crippen molar-refractivity contribution in [3.05, 3.63) is 27.2 Å². The zero-order valence-electron chi connectivity index (χ0n) is 8.04. The molecule has 5 heteroatoms. The van der Waals surface area contributed by atoms with Gasteiger partial charge in [0.05, 0.1) is 24.8 Å². The lowest BCUT2D eigenvalue weighted by molar-refractivity contribution is 0.0688. The maximum absolute atomic E-state index is 11.1. The van der Waals surface area contributed by atoms with Crippen LogP contribution in [0.25, 0.3) is 0 Å². The number of ether oxygens (including phenoxy) is 2. The van der Waals surface area contributed by atoms with Crippen molar-refractivity contribution in [3.63, 3.8) is 0 Å². The third-order valence-electron chi connectivity index (χ3n) is 2.36. The Bertz CT molecular complexity index is 424. The number of halogens is 1. The summed E-state index contributed by atoms with van der Waals surface area (Å²) in [5.41, 5.74) is 1.81. The average Bonchev–Trinajstić information content (AvgIpc) is 2.62. The molecular weight excluding hydrogens is 264 g/mol. The van der Waals surface area contributed by atoms with Gasteiger partial charge in [-0.3, -0.25) is 0 Å². The Hall–Kier alpha value is -1.07. The first kappa shape index (κ1) is 10.4. The van der Waals surface area contributed by atoms with Gasteiger partial charge in [0.15, 0.2) is 0 Å². The second-order valence-corrected chi connectivity index (χ2v) is 4.06. The van der Waals surface area contributed by atoms with E-state index >= 15 is 0 Å². The molecule has 80 valence electrons. The van der Waals surface area contributed by atoms with Crippen molar-refractivity contribution in [1.82, 2.24) is 0 Å². The van der Waals surface area contributed by atoms with Crippen LogP contribution in [0.5, 0.6) is 5.75 Å². The summed E-state index contributed by atoms with van der Waals surface area (Å²) in [7, 11) is 1.45. The van der Waals surface area contributed by atoms with Gasteiger partial charge < -0.3 is 14.6 Å². The molecule has 0 fully saturated rings. The molecule has 0 saturated carbocycles. The molecule has 0 bridgehead atoms. The van der Waals surface area contributed by atoms with E-state index in [2.05, 4.69) is 15.9 Å². The molecule has 0 spiro atoms. The number of benzene rings is 1. The predicted molar refractivity (Wildman–Crippen MR) is 56.1 cm³/mol. The van der Waals surface area contributed by atoms with E-state index in [0.717, 1.165) is 5.56 Å². The highest BCUT2D eigenvalue weighted by atomic mass is 79.9. The van der Waals surface area contributed by atoms with Gasteiger partial charge in [-0.25, -0.2) is 4.79 Å². The zero-order chi connectivity index (χ0) is 11.0. The van der Waals surface area contributed by atoms with Crippen molar-refractivity contribution in [2.75, 3.05) is 7.11 Å². The van der Waals surface area contributed by atoms with Gasteiger partial charge in [0.1, 0.15) is 11.3 Å². The molecule has 0 aromatic heterocycles. The molecule has 1 aliphatic rings. The van der Waals surface area contributed by atoms with E-state index in [4.69, 9.17) is 14.6 Å². The Labute approximate surface area is 94.9 Å². The fourth-order valence-corrected chi connectivity index (χ4v) is 2.34. The summed E-state index contributed by atoms with van der Waals surface area (Å²) in [5.74, 6) is -0.637. The molecule has 4 nitrogen and oxygen atoms in total. The van der Waals surface area contributed by atoms with Gasteiger partial charge in [-0.1, -0.05) is 0 Å². The van der Waals surface area contributed by atoms with Gasteiger partial charge in [0.2, 0.25) is 0 Å². The van der Waals surface area contributed by atoms with Crippen molar-refractivity contribution in [2.24, 2.45) is 0 Å². The third-order valence-corrected chi connectivity index (χ3v) is 2.95. The molecule has 1 heterocycles. The zero-order valence-corrected chi connectivity index (χ0v) is 9.63. The largest absolute Gasteiger partial charge is 0.495 e. The normalized spacial score (nSPS) is 13.7. The standard InChI is InChI=1S/C10H9BrO4/c1-14-9-7(11)2-5-3-15-4-6(5)8(9)10(12)13/h2H,3-4H2,1H3,(H,12,13). The number of hydrogen-bond acceptors (Lipinski definition) is 3. The number of hydrogen-bond donors (Lipinski definition) is 1. The van der Waals surface area contributed by atoms with Crippen LogP contribution in [0, 0.1) is 0 Å². The van der Waals surface area contributed by atoms with Crippen LogP contribution >= 0.6 is 15.9 Å².